The number of hydrogen-bond donors (Lipinski definition) is 0. The van der Waals surface area contributed by atoms with Gasteiger partial charge >= 0.3 is 0 Å². The lowest BCUT2D eigenvalue weighted by Crippen LogP contribution is -2.35. The van der Waals surface area contributed by atoms with Crippen LogP contribution in [-0.2, 0) is 18.6 Å². The molecule has 1 saturated carbocycles. The molecule has 4 nitrogen and oxygen atoms in total. The minimum absolute atomic E-state index is 0.0359. The molecule has 2 rings (SSSR count). The minimum Gasteiger partial charge on any atom is -0.488 e. The van der Waals surface area contributed by atoms with Gasteiger partial charge in [0.1, 0.15) is 31.4 Å². The van der Waals surface area contributed by atoms with E-state index in [9.17, 15) is 0 Å². The van der Waals surface area contributed by atoms with Crippen molar-refractivity contribution in [3.8, 4) is 18.1 Å². The van der Waals surface area contributed by atoms with Gasteiger partial charge in [0, 0.05) is 0 Å². The average Bonchev–Trinajstić information content (AvgIpc) is 2.61. The van der Waals surface area contributed by atoms with Crippen molar-refractivity contribution in [2.75, 3.05) is 6.61 Å². The van der Waals surface area contributed by atoms with Gasteiger partial charge in [0.15, 0.2) is 12.3 Å². The van der Waals surface area contributed by atoms with Gasteiger partial charge in [0.05, 0.1) is 0 Å². The maximum Gasteiger partial charge on any atom is 0.160 e. The van der Waals surface area contributed by atoms with Crippen LogP contribution in [0.2, 0.25) is 0 Å². The Hall–Kier alpha value is -1.48. The van der Waals surface area contributed by atoms with Crippen molar-refractivity contribution in [2.45, 2.75) is 64.1 Å². The molecule has 0 saturated heterocycles. The number of terminal acetylenes is 1. The monoisotopic (exact) mass is 364 g/mol. The molecule has 2 atom stereocenters. The Labute approximate surface area is 156 Å². The number of benzene rings is 1. The molecule has 1 fully saturated rings. The lowest BCUT2D eigenvalue weighted by Gasteiger charge is -2.30. The van der Waals surface area contributed by atoms with Gasteiger partial charge in [0.25, 0.3) is 0 Å². The van der Waals surface area contributed by atoms with E-state index in [2.05, 4.69) is 38.8 Å². The molecule has 0 amide bonds. The molecule has 1 aliphatic rings. The molecule has 25 heavy (non-hydrogen) atoms. The maximum absolute atomic E-state index is 8.00. The van der Waals surface area contributed by atoms with Crippen LogP contribution in [0.1, 0.15) is 52.0 Å². The normalized spacial score (nSPS) is 20.1. The van der Waals surface area contributed by atoms with Gasteiger partial charge in [-0.05, 0) is 42.4 Å². The Morgan fingerprint density at radius 1 is 1.16 bits per heavy atom. The Balaban J connectivity index is 0.00000151. The summed E-state index contributed by atoms with van der Waals surface area (Å²) in [6.07, 6.45) is 9.56. The van der Waals surface area contributed by atoms with E-state index in [0.717, 1.165) is 37.3 Å². The maximum atomic E-state index is 8.00. The van der Waals surface area contributed by atoms with Gasteiger partial charge in [-0.2, -0.15) is 0 Å². The van der Waals surface area contributed by atoms with Crippen molar-refractivity contribution in [3.05, 3.63) is 29.8 Å². The second-order valence-corrected chi connectivity index (χ2v) is 7.45. The molecule has 0 aromatic heterocycles. The molecule has 138 valence electrons. The predicted molar refractivity (Wildman–Crippen MR) is 102 cm³/mol. The van der Waals surface area contributed by atoms with Crippen LogP contribution in [0.5, 0.6) is 5.75 Å². The van der Waals surface area contributed by atoms with Crippen molar-refractivity contribution in [3.63, 3.8) is 0 Å². The lowest BCUT2D eigenvalue weighted by molar-refractivity contribution is -0.0979. The minimum atomic E-state index is 0.0359. The fourth-order valence-corrected chi connectivity index (χ4v) is 3.15. The molecule has 1 aromatic rings. The van der Waals surface area contributed by atoms with E-state index in [-0.39, 0.29) is 24.2 Å². The van der Waals surface area contributed by atoms with Crippen molar-refractivity contribution in [1.29, 1.82) is 0 Å². The van der Waals surface area contributed by atoms with Crippen LogP contribution in [0.4, 0.5) is 0 Å². The van der Waals surface area contributed by atoms with Gasteiger partial charge < -0.3 is 9.53 Å². The molecule has 0 bridgehead atoms. The zero-order chi connectivity index (χ0) is 18.7. The van der Waals surface area contributed by atoms with Crippen molar-refractivity contribution in [1.82, 2.24) is 0 Å². The van der Waals surface area contributed by atoms with Crippen LogP contribution >= 0.6 is 12.3 Å². The average molecular weight is 365 g/mol. The number of ether oxygens (including phenoxy) is 1. The highest BCUT2D eigenvalue weighted by molar-refractivity contribution is 7.89. The molecule has 5 heteroatoms. The summed E-state index contributed by atoms with van der Waals surface area (Å²) in [6, 6.07) is 8.38. The number of carbonyl (C=O) groups is 1. The fraction of sp³-hybridized carbons (Fsp3) is 0.550. The largest absolute Gasteiger partial charge is 0.488 e. The Morgan fingerprint density at radius 2 is 1.76 bits per heavy atom. The Kier molecular flexibility index (Phi) is 9.66. The van der Waals surface area contributed by atoms with Crippen LogP contribution in [0.25, 0.3) is 0 Å². The Bertz CT molecular complexity index is 530. The standard InChI is InChI=1S/C19H26O3S.CH2O/c1-5-14-20-23-22-18-9-7-6-8-17(18)21-16-12-10-15(11-13-16)19(2,3)4;1-2/h1,10-13,17-18H,6-9,14H2,2-4H3;1H2. The highest BCUT2D eigenvalue weighted by Crippen LogP contribution is 2.30. The first-order chi connectivity index (χ1) is 12.0. The first-order valence-corrected chi connectivity index (χ1v) is 9.12. The van der Waals surface area contributed by atoms with E-state index in [1.807, 2.05) is 18.9 Å². The fourth-order valence-electron chi connectivity index (χ4n) is 2.65. The summed E-state index contributed by atoms with van der Waals surface area (Å²) in [5.74, 6) is 3.32. The molecule has 0 aliphatic heterocycles. The van der Waals surface area contributed by atoms with Gasteiger partial charge in [-0.3, -0.25) is 8.37 Å². The zero-order valence-electron chi connectivity index (χ0n) is 15.3. The van der Waals surface area contributed by atoms with E-state index in [4.69, 9.17) is 24.3 Å². The molecule has 1 aromatic carbocycles. The third-order valence-electron chi connectivity index (χ3n) is 4.00. The van der Waals surface area contributed by atoms with E-state index < -0.39 is 0 Å². The first-order valence-electron chi connectivity index (χ1n) is 8.45. The number of rotatable bonds is 6. The van der Waals surface area contributed by atoms with Gasteiger partial charge in [-0.25, -0.2) is 0 Å². The molecule has 0 heterocycles. The third kappa shape index (κ3) is 7.52. The van der Waals surface area contributed by atoms with Crippen molar-refractivity contribution in [2.24, 2.45) is 0 Å². The molecule has 0 radical (unpaired) electrons. The molecular formula is C20H28O4S. The van der Waals surface area contributed by atoms with Crippen molar-refractivity contribution >= 4 is 19.1 Å². The van der Waals surface area contributed by atoms with Crippen LogP contribution in [-0.4, -0.2) is 25.6 Å². The van der Waals surface area contributed by atoms with Gasteiger partial charge in [-0.1, -0.05) is 45.2 Å². The van der Waals surface area contributed by atoms with E-state index >= 15 is 0 Å². The quantitative estimate of drug-likeness (QED) is 0.415. The summed E-state index contributed by atoms with van der Waals surface area (Å²) in [6.45, 7) is 8.88. The summed E-state index contributed by atoms with van der Waals surface area (Å²) in [5, 5.41) is 0. The Morgan fingerprint density at radius 3 is 2.32 bits per heavy atom. The van der Waals surface area contributed by atoms with E-state index in [1.54, 1.807) is 0 Å². The summed E-state index contributed by atoms with van der Waals surface area (Å²) in [5.41, 5.74) is 1.46. The highest BCUT2D eigenvalue weighted by Gasteiger charge is 2.28. The van der Waals surface area contributed by atoms with Crippen LogP contribution in [0, 0.1) is 12.3 Å². The topological polar surface area (TPSA) is 44.8 Å². The van der Waals surface area contributed by atoms with Gasteiger partial charge in [-0.15, -0.1) is 6.42 Å². The second kappa shape index (κ2) is 11.2. The first kappa shape index (κ1) is 21.6. The lowest BCUT2D eigenvalue weighted by atomic mass is 9.87. The predicted octanol–water partition coefficient (Wildman–Crippen LogP) is 4.72. The molecule has 0 N–H and O–H groups in total. The number of hydrogen-bond acceptors (Lipinski definition) is 5. The van der Waals surface area contributed by atoms with Crippen LogP contribution in [0.3, 0.4) is 0 Å². The molecule has 0 spiro atoms. The molecule has 1 aliphatic carbocycles. The van der Waals surface area contributed by atoms with Gasteiger partial charge in [0.2, 0.25) is 0 Å². The second-order valence-electron chi connectivity index (χ2n) is 6.88. The highest BCUT2D eigenvalue weighted by atomic mass is 32.2. The van der Waals surface area contributed by atoms with Crippen molar-refractivity contribution < 1.29 is 17.9 Å². The molecular weight excluding hydrogens is 336 g/mol. The summed E-state index contributed by atoms with van der Waals surface area (Å²) >= 11 is 0.982. The number of carbonyl (C=O) groups excluding carboxylic acids is 1. The molecule has 2 unspecified atom stereocenters. The summed E-state index contributed by atoms with van der Waals surface area (Å²) < 4.78 is 17.0. The smallest absolute Gasteiger partial charge is 0.160 e. The van der Waals surface area contributed by atoms with E-state index in [0.29, 0.717) is 0 Å². The van der Waals surface area contributed by atoms with E-state index in [1.165, 1.54) is 12.0 Å². The summed E-state index contributed by atoms with van der Waals surface area (Å²) in [4.78, 5) is 8.00. The summed E-state index contributed by atoms with van der Waals surface area (Å²) in [7, 11) is 0. The zero-order valence-corrected chi connectivity index (χ0v) is 16.1. The van der Waals surface area contributed by atoms with Crippen LogP contribution < -0.4 is 4.74 Å². The third-order valence-corrected chi connectivity index (χ3v) is 4.54. The SMILES string of the molecule is C#CCOSOC1CCCCC1Oc1ccc(C(C)(C)C)cc1.C=O. The van der Waals surface area contributed by atoms with Crippen LogP contribution in [0.15, 0.2) is 24.3 Å².